The van der Waals surface area contributed by atoms with Crippen molar-refractivity contribution in [3.05, 3.63) is 24.3 Å². The molecule has 0 amide bonds. The number of carbonyl (C=O) groups is 2. The van der Waals surface area contributed by atoms with Crippen LogP contribution < -0.4 is 5.11 Å². The molecule has 0 aromatic heterocycles. The Labute approximate surface area is 133 Å². The largest absolute Gasteiger partial charge is 0.550 e. The summed E-state index contributed by atoms with van der Waals surface area (Å²) in [6.45, 7) is 2.10. The van der Waals surface area contributed by atoms with Gasteiger partial charge in [0.2, 0.25) is 0 Å². The lowest BCUT2D eigenvalue weighted by Gasteiger charge is -2.34. The van der Waals surface area contributed by atoms with Crippen LogP contribution in [0.5, 0.6) is 0 Å². The Balaban J connectivity index is 4.58. The molecule has 0 heterocycles. The average Bonchev–Trinajstić information content (AvgIpc) is 2.34. The maximum Gasteiger partial charge on any atom is 0.177 e. The number of allylic oxidation sites excluding steroid dienone is 4. The normalized spacial score (nSPS) is 15.3. The van der Waals surface area contributed by atoms with Gasteiger partial charge in [-0.25, -0.2) is 0 Å². The number of likely N-dealkylation sites (N-methyl/N-ethyl adjacent to an activating group) is 1. The van der Waals surface area contributed by atoms with Crippen LogP contribution in [0.1, 0.15) is 39.0 Å². The van der Waals surface area contributed by atoms with Crippen molar-refractivity contribution in [2.75, 3.05) is 27.7 Å². The van der Waals surface area contributed by atoms with Crippen LogP contribution in [0.25, 0.3) is 0 Å². The van der Waals surface area contributed by atoms with E-state index in [1.165, 1.54) is 0 Å². The summed E-state index contributed by atoms with van der Waals surface area (Å²) >= 11 is 0. The fourth-order valence-corrected chi connectivity index (χ4v) is 2.27. The fourth-order valence-electron chi connectivity index (χ4n) is 2.27. The van der Waals surface area contributed by atoms with E-state index in [1.54, 1.807) is 21.1 Å². The van der Waals surface area contributed by atoms with Crippen LogP contribution in [-0.2, 0) is 9.59 Å². The summed E-state index contributed by atoms with van der Waals surface area (Å²) in [4.78, 5) is 23.0. The Morgan fingerprint density at radius 3 is 2.23 bits per heavy atom. The summed E-state index contributed by atoms with van der Waals surface area (Å²) in [6, 6.07) is 0. The highest BCUT2D eigenvalue weighted by Crippen LogP contribution is 2.18. The van der Waals surface area contributed by atoms with Gasteiger partial charge in [-0.05, 0) is 19.3 Å². The standard InChI is InChI=1S/C17H29NO4/c1-5-6-7-8-9-10-11-12-15(19)17(22,13-16(20)21)14-18(2,3)4/h6-7,9-10,22H,5,8,11-14H2,1-4H3. The summed E-state index contributed by atoms with van der Waals surface area (Å²) in [5, 5.41) is 21.3. The molecule has 0 aromatic rings. The molecule has 0 bridgehead atoms. The molecule has 22 heavy (non-hydrogen) atoms. The van der Waals surface area contributed by atoms with Crippen molar-refractivity contribution >= 4 is 11.8 Å². The Kier molecular flexibility index (Phi) is 8.90. The maximum absolute atomic E-state index is 12.2. The van der Waals surface area contributed by atoms with Crippen molar-refractivity contribution in [2.45, 2.75) is 44.6 Å². The van der Waals surface area contributed by atoms with E-state index in [4.69, 9.17) is 0 Å². The Morgan fingerprint density at radius 1 is 1.14 bits per heavy atom. The van der Waals surface area contributed by atoms with Gasteiger partial charge in [-0.1, -0.05) is 31.2 Å². The molecule has 0 saturated carbocycles. The summed E-state index contributed by atoms with van der Waals surface area (Å²) in [5.74, 6) is -1.86. The van der Waals surface area contributed by atoms with Crippen LogP contribution >= 0.6 is 0 Å². The molecule has 0 rings (SSSR count). The van der Waals surface area contributed by atoms with Crippen molar-refractivity contribution in [3.63, 3.8) is 0 Å². The molecule has 0 fully saturated rings. The third-order valence-corrected chi connectivity index (χ3v) is 3.07. The molecule has 0 aliphatic carbocycles. The number of carboxylic acid groups (broad SMARTS) is 1. The Morgan fingerprint density at radius 2 is 1.73 bits per heavy atom. The minimum absolute atomic E-state index is 0.0444. The van der Waals surface area contributed by atoms with Gasteiger partial charge in [0, 0.05) is 18.8 Å². The van der Waals surface area contributed by atoms with Gasteiger partial charge in [0.25, 0.3) is 0 Å². The van der Waals surface area contributed by atoms with Gasteiger partial charge < -0.3 is 19.5 Å². The molecule has 1 N–H and O–H groups in total. The van der Waals surface area contributed by atoms with Crippen molar-refractivity contribution in [1.82, 2.24) is 0 Å². The molecule has 0 saturated heterocycles. The fraction of sp³-hybridized carbons (Fsp3) is 0.647. The maximum atomic E-state index is 12.2. The second kappa shape index (κ2) is 9.54. The minimum atomic E-state index is -1.87. The number of hydrogen-bond acceptors (Lipinski definition) is 4. The van der Waals surface area contributed by atoms with Gasteiger partial charge in [-0.2, -0.15) is 0 Å². The van der Waals surface area contributed by atoms with Gasteiger partial charge >= 0.3 is 0 Å². The van der Waals surface area contributed by atoms with Crippen LogP contribution in [0.2, 0.25) is 0 Å². The molecule has 0 radical (unpaired) electrons. The lowest BCUT2D eigenvalue weighted by molar-refractivity contribution is -0.875. The van der Waals surface area contributed by atoms with Crippen molar-refractivity contribution in [3.8, 4) is 0 Å². The Bertz CT molecular complexity index is 421. The molecule has 0 aromatic carbocycles. The number of quaternary nitrogens is 1. The summed E-state index contributed by atoms with van der Waals surface area (Å²) in [7, 11) is 5.40. The average molecular weight is 311 g/mol. The predicted octanol–water partition coefficient (Wildman–Crippen LogP) is 0.825. The number of nitrogens with zero attached hydrogens (tertiary/aromatic N) is 1. The van der Waals surface area contributed by atoms with E-state index in [0.717, 1.165) is 12.8 Å². The van der Waals surface area contributed by atoms with E-state index in [2.05, 4.69) is 13.0 Å². The van der Waals surface area contributed by atoms with E-state index < -0.39 is 23.8 Å². The molecule has 5 heteroatoms. The van der Waals surface area contributed by atoms with E-state index in [0.29, 0.717) is 10.9 Å². The highest BCUT2D eigenvalue weighted by Gasteiger charge is 2.40. The van der Waals surface area contributed by atoms with Gasteiger partial charge in [0.15, 0.2) is 11.4 Å². The Hall–Kier alpha value is -1.46. The monoisotopic (exact) mass is 311 g/mol. The van der Waals surface area contributed by atoms with E-state index in [-0.39, 0.29) is 13.0 Å². The third-order valence-electron chi connectivity index (χ3n) is 3.07. The topological polar surface area (TPSA) is 77.4 Å². The first kappa shape index (κ1) is 20.5. The quantitative estimate of drug-likeness (QED) is 0.453. The molecule has 0 aliphatic heterocycles. The number of ketones is 1. The highest BCUT2D eigenvalue weighted by atomic mass is 16.4. The number of hydrogen-bond donors (Lipinski definition) is 1. The molecule has 0 aliphatic rings. The number of carboxylic acids is 1. The first-order valence-corrected chi connectivity index (χ1v) is 7.66. The third kappa shape index (κ3) is 9.47. The minimum Gasteiger partial charge on any atom is -0.550 e. The number of Topliss-reactive ketones (excluding diaryl/α,β-unsaturated/α-hetero) is 1. The van der Waals surface area contributed by atoms with Crippen molar-refractivity contribution < 1.29 is 24.3 Å². The summed E-state index contributed by atoms with van der Waals surface area (Å²) in [6.07, 6.45) is 9.70. The van der Waals surface area contributed by atoms with Crippen LogP contribution in [-0.4, -0.2) is 54.6 Å². The zero-order valence-electron chi connectivity index (χ0n) is 14.2. The van der Waals surface area contributed by atoms with Crippen LogP contribution in [0.15, 0.2) is 24.3 Å². The number of aliphatic carboxylic acids is 1. The second-order valence-electron chi connectivity index (χ2n) is 6.58. The van der Waals surface area contributed by atoms with E-state index in [1.807, 2.05) is 18.2 Å². The first-order chi connectivity index (χ1) is 10.1. The second-order valence-corrected chi connectivity index (χ2v) is 6.58. The molecule has 126 valence electrons. The van der Waals surface area contributed by atoms with Gasteiger partial charge in [-0.3, -0.25) is 4.79 Å². The van der Waals surface area contributed by atoms with E-state index >= 15 is 0 Å². The zero-order chi connectivity index (χ0) is 17.2. The molecule has 5 nitrogen and oxygen atoms in total. The van der Waals surface area contributed by atoms with Crippen molar-refractivity contribution in [2.24, 2.45) is 0 Å². The number of aliphatic hydroxyl groups is 1. The lowest BCUT2D eigenvalue weighted by atomic mass is 9.90. The highest BCUT2D eigenvalue weighted by molar-refractivity contribution is 5.90. The first-order valence-electron chi connectivity index (χ1n) is 7.66. The van der Waals surface area contributed by atoms with Gasteiger partial charge in [-0.15, -0.1) is 0 Å². The van der Waals surface area contributed by atoms with Crippen LogP contribution in [0.4, 0.5) is 0 Å². The van der Waals surface area contributed by atoms with Gasteiger partial charge in [0.05, 0.1) is 21.1 Å². The number of rotatable bonds is 11. The smallest absolute Gasteiger partial charge is 0.177 e. The summed E-state index contributed by atoms with van der Waals surface area (Å²) < 4.78 is 0.299. The molecule has 1 atom stereocenters. The van der Waals surface area contributed by atoms with E-state index in [9.17, 15) is 19.8 Å². The molecule has 0 spiro atoms. The van der Waals surface area contributed by atoms with Crippen LogP contribution in [0, 0.1) is 0 Å². The predicted molar refractivity (Wildman–Crippen MR) is 84.9 cm³/mol. The molecular formula is C17H29NO4. The van der Waals surface area contributed by atoms with Gasteiger partial charge in [0.1, 0.15) is 6.54 Å². The zero-order valence-corrected chi connectivity index (χ0v) is 14.2. The SMILES string of the molecule is CCC=CCC=CCCC(=O)C(O)(CC(=O)[O-])C[N+](C)(C)C. The number of carbonyl (C=O) groups excluding carboxylic acids is 2. The summed E-state index contributed by atoms with van der Waals surface area (Å²) in [5.41, 5.74) is -1.87. The lowest BCUT2D eigenvalue weighted by Crippen LogP contribution is -2.56. The molecule has 1 unspecified atom stereocenters. The van der Waals surface area contributed by atoms with Crippen molar-refractivity contribution in [1.29, 1.82) is 0 Å². The van der Waals surface area contributed by atoms with Crippen LogP contribution in [0.3, 0.4) is 0 Å². The molecular weight excluding hydrogens is 282 g/mol.